The van der Waals surface area contributed by atoms with Gasteiger partial charge in [0.25, 0.3) is 0 Å². The first kappa shape index (κ1) is 15.5. The summed E-state index contributed by atoms with van der Waals surface area (Å²) in [4.78, 5) is 11.0. The molecule has 0 spiro atoms. The highest BCUT2D eigenvalue weighted by molar-refractivity contribution is 5.50. The van der Waals surface area contributed by atoms with Gasteiger partial charge in [0.1, 0.15) is 18.2 Å². The predicted octanol–water partition coefficient (Wildman–Crippen LogP) is 1.17. The SMILES string of the molecule is CCNc1cc(N2CCOC(C#N)C2)nc(COCC)n1. The van der Waals surface area contributed by atoms with E-state index < -0.39 is 6.10 Å². The third-order valence-corrected chi connectivity index (χ3v) is 3.09. The smallest absolute Gasteiger partial charge is 0.161 e. The van der Waals surface area contributed by atoms with Gasteiger partial charge < -0.3 is 19.7 Å². The van der Waals surface area contributed by atoms with E-state index in [1.165, 1.54) is 0 Å². The van der Waals surface area contributed by atoms with Crippen LogP contribution in [-0.2, 0) is 16.1 Å². The maximum atomic E-state index is 9.00. The van der Waals surface area contributed by atoms with E-state index in [-0.39, 0.29) is 0 Å². The summed E-state index contributed by atoms with van der Waals surface area (Å²) in [6.45, 7) is 7.52. The molecule has 1 fully saturated rings. The topological polar surface area (TPSA) is 83.3 Å². The second kappa shape index (κ2) is 7.76. The van der Waals surface area contributed by atoms with Crippen LogP contribution < -0.4 is 10.2 Å². The quantitative estimate of drug-likeness (QED) is 0.842. The Kier molecular flexibility index (Phi) is 5.72. The number of morpholine rings is 1. The molecule has 1 unspecified atom stereocenters. The molecule has 114 valence electrons. The molecular formula is C14H21N5O2. The normalized spacial score (nSPS) is 18.3. The van der Waals surface area contributed by atoms with Crippen LogP contribution in [-0.4, -0.2) is 48.9 Å². The van der Waals surface area contributed by atoms with Crippen molar-refractivity contribution in [1.29, 1.82) is 5.26 Å². The highest BCUT2D eigenvalue weighted by Crippen LogP contribution is 2.19. The number of nitrogens with zero attached hydrogens (tertiary/aromatic N) is 4. The van der Waals surface area contributed by atoms with Crippen molar-refractivity contribution in [3.63, 3.8) is 0 Å². The monoisotopic (exact) mass is 291 g/mol. The minimum Gasteiger partial charge on any atom is -0.374 e. The lowest BCUT2D eigenvalue weighted by Crippen LogP contribution is -2.42. The van der Waals surface area contributed by atoms with Crippen LogP contribution in [0.3, 0.4) is 0 Å². The van der Waals surface area contributed by atoms with E-state index in [1.807, 2.05) is 19.9 Å². The Labute approximate surface area is 124 Å². The predicted molar refractivity (Wildman–Crippen MR) is 79.1 cm³/mol. The molecule has 7 nitrogen and oxygen atoms in total. The molecule has 0 bridgehead atoms. The number of anilines is 2. The lowest BCUT2D eigenvalue weighted by atomic mass is 10.3. The fraction of sp³-hybridized carbons (Fsp3) is 0.643. The summed E-state index contributed by atoms with van der Waals surface area (Å²) >= 11 is 0. The van der Waals surface area contributed by atoms with Crippen LogP contribution in [0.15, 0.2) is 6.07 Å². The minimum absolute atomic E-state index is 0.384. The van der Waals surface area contributed by atoms with Gasteiger partial charge in [-0.15, -0.1) is 0 Å². The summed E-state index contributed by atoms with van der Waals surface area (Å²) in [7, 11) is 0. The molecule has 0 aromatic carbocycles. The number of nitriles is 1. The highest BCUT2D eigenvalue weighted by Gasteiger charge is 2.22. The molecule has 1 aromatic rings. The van der Waals surface area contributed by atoms with Crippen LogP contribution in [0, 0.1) is 11.3 Å². The van der Waals surface area contributed by atoms with Gasteiger partial charge in [-0.05, 0) is 13.8 Å². The lowest BCUT2D eigenvalue weighted by molar-refractivity contribution is 0.0760. The van der Waals surface area contributed by atoms with E-state index in [0.717, 1.165) is 24.7 Å². The van der Waals surface area contributed by atoms with E-state index in [0.29, 0.717) is 32.2 Å². The maximum Gasteiger partial charge on any atom is 0.161 e. The number of rotatable bonds is 6. The molecule has 0 radical (unpaired) electrons. The Balaban J connectivity index is 2.20. The Morgan fingerprint density at radius 1 is 1.52 bits per heavy atom. The van der Waals surface area contributed by atoms with Gasteiger partial charge in [0, 0.05) is 25.8 Å². The number of nitrogens with one attached hydrogen (secondary N) is 1. The standard InChI is InChI=1S/C14H21N5O2/c1-3-16-12-7-14(18-13(17-12)10-20-4-2)19-5-6-21-11(8-15)9-19/h7,11H,3-6,9-10H2,1-2H3,(H,16,17,18). The molecule has 1 aromatic heterocycles. The number of ether oxygens (including phenoxy) is 2. The van der Waals surface area contributed by atoms with Gasteiger partial charge in [0.05, 0.1) is 19.2 Å². The van der Waals surface area contributed by atoms with Crippen molar-refractivity contribution < 1.29 is 9.47 Å². The second-order valence-electron chi connectivity index (χ2n) is 4.63. The molecule has 1 aliphatic rings. The average Bonchev–Trinajstić information content (AvgIpc) is 2.53. The molecular weight excluding hydrogens is 270 g/mol. The third-order valence-electron chi connectivity index (χ3n) is 3.09. The number of hydrogen-bond acceptors (Lipinski definition) is 7. The van der Waals surface area contributed by atoms with Crippen LogP contribution in [0.4, 0.5) is 11.6 Å². The van der Waals surface area contributed by atoms with Gasteiger partial charge in [-0.1, -0.05) is 0 Å². The van der Waals surface area contributed by atoms with E-state index >= 15 is 0 Å². The van der Waals surface area contributed by atoms with Gasteiger partial charge >= 0.3 is 0 Å². The zero-order valence-electron chi connectivity index (χ0n) is 12.5. The number of hydrogen-bond donors (Lipinski definition) is 1. The summed E-state index contributed by atoms with van der Waals surface area (Å²) in [5, 5.41) is 12.2. The van der Waals surface area contributed by atoms with Crippen molar-refractivity contribution in [1.82, 2.24) is 9.97 Å². The number of aromatic nitrogens is 2. The molecule has 21 heavy (non-hydrogen) atoms. The van der Waals surface area contributed by atoms with Gasteiger partial charge in [0.2, 0.25) is 0 Å². The van der Waals surface area contributed by atoms with E-state index in [4.69, 9.17) is 14.7 Å². The van der Waals surface area contributed by atoms with Crippen LogP contribution in [0.1, 0.15) is 19.7 Å². The van der Waals surface area contributed by atoms with Gasteiger partial charge in [0.15, 0.2) is 11.9 Å². The Hall–Kier alpha value is -1.91. The van der Waals surface area contributed by atoms with Crippen molar-refractivity contribution in [2.24, 2.45) is 0 Å². The average molecular weight is 291 g/mol. The molecule has 7 heteroatoms. The zero-order valence-corrected chi connectivity index (χ0v) is 12.5. The molecule has 1 saturated heterocycles. The third kappa shape index (κ3) is 4.28. The van der Waals surface area contributed by atoms with Gasteiger partial charge in [-0.2, -0.15) is 5.26 Å². The Morgan fingerprint density at radius 3 is 3.10 bits per heavy atom. The summed E-state index contributed by atoms with van der Waals surface area (Å²) in [6.07, 6.45) is -0.411. The lowest BCUT2D eigenvalue weighted by Gasteiger charge is -2.31. The summed E-state index contributed by atoms with van der Waals surface area (Å²) in [5.41, 5.74) is 0. The van der Waals surface area contributed by atoms with Crippen molar-refractivity contribution in [2.75, 3.05) is 43.1 Å². The van der Waals surface area contributed by atoms with E-state index in [2.05, 4.69) is 26.3 Å². The van der Waals surface area contributed by atoms with Crippen molar-refractivity contribution in [3.05, 3.63) is 11.9 Å². The van der Waals surface area contributed by atoms with Crippen LogP contribution in [0.2, 0.25) is 0 Å². The fourth-order valence-corrected chi connectivity index (χ4v) is 2.11. The summed E-state index contributed by atoms with van der Waals surface area (Å²) in [5.74, 6) is 2.22. The molecule has 1 aliphatic heterocycles. The Morgan fingerprint density at radius 2 is 2.38 bits per heavy atom. The van der Waals surface area contributed by atoms with Crippen LogP contribution in [0.5, 0.6) is 0 Å². The molecule has 1 atom stereocenters. The van der Waals surface area contributed by atoms with Crippen LogP contribution in [0.25, 0.3) is 0 Å². The first-order chi connectivity index (χ1) is 10.3. The Bertz CT molecular complexity index is 503. The molecule has 0 amide bonds. The van der Waals surface area contributed by atoms with Crippen molar-refractivity contribution >= 4 is 11.6 Å². The van der Waals surface area contributed by atoms with Crippen molar-refractivity contribution in [3.8, 4) is 6.07 Å². The second-order valence-corrected chi connectivity index (χ2v) is 4.63. The maximum absolute atomic E-state index is 9.00. The molecule has 1 N–H and O–H groups in total. The fourth-order valence-electron chi connectivity index (χ4n) is 2.11. The summed E-state index contributed by atoms with van der Waals surface area (Å²) in [6, 6.07) is 4.05. The molecule has 2 rings (SSSR count). The van der Waals surface area contributed by atoms with Crippen molar-refractivity contribution in [2.45, 2.75) is 26.6 Å². The molecule has 0 saturated carbocycles. The largest absolute Gasteiger partial charge is 0.374 e. The van der Waals surface area contributed by atoms with E-state index in [1.54, 1.807) is 0 Å². The first-order valence-electron chi connectivity index (χ1n) is 7.22. The molecule has 2 heterocycles. The van der Waals surface area contributed by atoms with Crippen LogP contribution >= 0.6 is 0 Å². The summed E-state index contributed by atoms with van der Waals surface area (Å²) < 4.78 is 10.8. The van der Waals surface area contributed by atoms with Gasteiger partial charge in [-0.25, -0.2) is 9.97 Å². The van der Waals surface area contributed by atoms with Gasteiger partial charge in [-0.3, -0.25) is 0 Å². The van der Waals surface area contributed by atoms with E-state index in [9.17, 15) is 0 Å². The minimum atomic E-state index is -0.411. The first-order valence-corrected chi connectivity index (χ1v) is 7.22. The zero-order chi connectivity index (χ0) is 15.1. The molecule has 0 aliphatic carbocycles. The highest BCUT2D eigenvalue weighted by atomic mass is 16.5.